The Bertz CT molecular complexity index is 958. The van der Waals surface area contributed by atoms with Gasteiger partial charge >= 0.3 is 0 Å². The summed E-state index contributed by atoms with van der Waals surface area (Å²) < 4.78 is 5.74. The summed E-state index contributed by atoms with van der Waals surface area (Å²) in [6.45, 7) is 0. The van der Waals surface area contributed by atoms with E-state index in [0.717, 1.165) is 5.56 Å². The number of rotatable bonds is 8. The molecule has 0 bridgehead atoms. The van der Waals surface area contributed by atoms with Gasteiger partial charge in [0.1, 0.15) is 11.5 Å². The van der Waals surface area contributed by atoms with Crippen molar-refractivity contribution in [2.75, 3.05) is 5.32 Å². The number of hydrogen-bond donors (Lipinski definition) is 2. The van der Waals surface area contributed by atoms with Crippen LogP contribution in [0.2, 0.25) is 5.02 Å². The third-order valence-electron chi connectivity index (χ3n) is 4.34. The van der Waals surface area contributed by atoms with E-state index < -0.39 is 5.91 Å². The van der Waals surface area contributed by atoms with Crippen molar-refractivity contribution in [2.24, 2.45) is 5.73 Å². The van der Waals surface area contributed by atoms with Crippen LogP contribution in [-0.4, -0.2) is 11.8 Å². The van der Waals surface area contributed by atoms with Gasteiger partial charge in [-0.25, -0.2) is 0 Å². The maximum absolute atomic E-state index is 12.5. The molecule has 0 aliphatic carbocycles. The number of carbonyl (C=O) groups is 2. The molecule has 0 aliphatic rings. The van der Waals surface area contributed by atoms with Gasteiger partial charge in [0.05, 0.1) is 0 Å². The molecule has 0 radical (unpaired) electrons. The minimum absolute atomic E-state index is 0.116. The van der Waals surface area contributed by atoms with Crippen molar-refractivity contribution in [3.05, 3.63) is 89.4 Å². The lowest BCUT2D eigenvalue weighted by molar-refractivity contribution is -0.119. The van der Waals surface area contributed by atoms with Gasteiger partial charge in [0, 0.05) is 29.5 Å². The maximum atomic E-state index is 12.5. The average molecular weight is 409 g/mol. The first-order valence-corrected chi connectivity index (χ1v) is 9.54. The van der Waals surface area contributed by atoms with E-state index in [2.05, 4.69) is 5.32 Å². The van der Waals surface area contributed by atoms with Crippen LogP contribution in [0.25, 0.3) is 0 Å². The Morgan fingerprint density at radius 1 is 0.862 bits per heavy atom. The molecule has 148 valence electrons. The number of nitrogens with two attached hydrogens (primary N) is 1. The first-order chi connectivity index (χ1) is 14.0. The van der Waals surface area contributed by atoms with Gasteiger partial charge in [-0.15, -0.1) is 0 Å². The summed E-state index contributed by atoms with van der Waals surface area (Å²) in [5.74, 6) is 0.424. The molecule has 3 rings (SSSR count). The van der Waals surface area contributed by atoms with Crippen molar-refractivity contribution in [2.45, 2.75) is 18.8 Å². The van der Waals surface area contributed by atoms with Crippen molar-refractivity contribution in [3.63, 3.8) is 0 Å². The Morgan fingerprint density at radius 3 is 2.03 bits per heavy atom. The Morgan fingerprint density at radius 2 is 1.45 bits per heavy atom. The third-order valence-corrected chi connectivity index (χ3v) is 4.59. The molecule has 6 heteroatoms. The number of anilines is 1. The zero-order chi connectivity index (χ0) is 20.6. The minimum atomic E-state index is -0.435. The Labute approximate surface area is 174 Å². The van der Waals surface area contributed by atoms with E-state index in [0.29, 0.717) is 22.2 Å². The van der Waals surface area contributed by atoms with Crippen molar-refractivity contribution < 1.29 is 14.3 Å². The lowest BCUT2D eigenvalue weighted by atomic mass is 9.92. The standard InChI is InChI=1S/C23H21ClN2O3/c24-18-6-10-20(11-7-18)29-21-12-8-19(9-13-21)26-23(28)15-17(14-22(25)27)16-4-2-1-3-5-16/h1-13,17H,14-15H2,(H2,25,27)(H,26,28). The highest BCUT2D eigenvalue weighted by Gasteiger charge is 2.18. The summed E-state index contributed by atoms with van der Waals surface area (Å²) in [6.07, 6.45) is 0.279. The number of hydrogen-bond acceptors (Lipinski definition) is 3. The highest BCUT2D eigenvalue weighted by molar-refractivity contribution is 6.30. The molecule has 0 aromatic heterocycles. The zero-order valence-electron chi connectivity index (χ0n) is 15.7. The second-order valence-electron chi connectivity index (χ2n) is 6.61. The summed E-state index contributed by atoms with van der Waals surface area (Å²) in [4.78, 5) is 23.9. The smallest absolute Gasteiger partial charge is 0.225 e. The molecule has 0 heterocycles. The van der Waals surface area contributed by atoms with Crippen LogP contribution in [0.15, 0.2) is 78.9 Å². The minimum Gasteiger partial charge on any atom is -0.457 e. The third kappa shape index (κ3) is 6.36. The Balaban J connectivity index is 1.60. The largest absolute Gasteiger partial charge is 0.457 e. The van der Waals surface area contributed by atoms with E-state index in [1.807, 2.05) is 30.3 Å². The van der Waals surface area contributed by atoms with Crippen LogP contribution in [0.1, 0.15) is 24.3 Å². The van der Waals surface area contributed by atoms with Crippen LogP contribution < -0.4 is 15.8 Å². The fourth-order valence-corrected chi connectivity index (χ4v) is 3.08. The average Bonchev–Trinajstić information content (AvgIpc) is 2.71. The molecule has 2 amide bonds. The molecular formula is C23H21ClN2O3. The number of benzene rings is 3. The molecule has 3 aromatic carbocycles. The van der Waals surface area contributed by atoms with E-state index in [4.69, 9.17) is 22.1 Å². The van der Waals surface area contributed by atoms with Crippen LogP contribution in [0.4, 0.5) is 5.69 Å². The van der Waals surface area contributed by atoms with Gasteiger partial charge in [-0.3, -0.25) is 9.59 Å². The summed E-state index contributed by atoms with van der Waals surface area (Å²) in [7, 11) is 0. The summed E-state index contributed by atoms with van der Waals surface area (Å²) >= 11 is 5.87. The van der Waals surface area contributed by atoms with Gasteiger partial charge in [0.25, 0.3) is 0 Å². The molecule has 0 aliphatic heterocycles. The molecular weight excluding hydrogens is 388 g/mol. The number of ether oxygens (including phenoxy) is 1. The Kier molecular flexibility index (Phi) is 6.87. The van der Waals surface area contributed by atoms with E-state index in [1.54, 1.807) is 48.5 Å². The van der Waals surface area contributed by atoms with Gasteiger partial charge in [-0.1, -0.05) is 41.9 Å². The topological polar surface area (TPSA) is 81.4 Å². The first kappa shape index (κ1) is 20.4. The highest BCUT2D eigenvalue weighted by atomic mass is 35.5. The van der Waals surface area contributed by atoms with Crippen LogP contribution in [0, 0.1) is 0 Å². The van der Waals surface area contributed by atoms with Gasteiger partial charge in [-0.2, -0.15) is 0 Å². The van der Waals surface area contributed by atoms with E-state index in [1.165, 1.54) is 0 Å². The molecule has 3 aromatic rings. The van der Waals surface area contributed by atoms with Gasteiger partial charge < -0.3 is 15.8 Å². The Hall–Kier alpha value is -3.31. The van der Waals surface area contributed by atoms with Crippen LogP contribution >= 0.6 is 11.6 Å². The normalized spacial score (nSPS) is 11.5. The quantitative estimate of drug-likeness (QED) is 0.542. The van der Waals surface area contributed by atoms with Gasteiger partial charge in [0.2, 0.25) is 11.8 Å². The molecule has 29 heavy (non-hydrogen) atoms. The van der Waals surface area contributed by atoms with Crippen LogP contribution in [0.3, 0.4) is 0 Å². The highest BCUT2D eigenvalue weighted by Crippen LogP contribution is 2.26. The van der Waals surface area contributed by atoms with Crippen LogP contribution in [0.5, 0.6) is 11.5 Å². The lowest BCUT2D eigenvalue weighted by Crippen LogP contribution is -2.20. The van der Waals surface area contributed by atoms with Gasteiger partial charge in [-0.05, 0) is 54.1 Å². The monoisotopic (exact) mass is 408 g/mol. The first-order valence-electron chi connectivity index (χ1n) is 9.16. The summed E-state index contributed by atoms with van der Waals surface area (Å²) in [6, 6.07) is 23.5. The second-order valence-corrected chi connectivity index (χ2v) is 7.05. The fourth-order valence-electron chi connectivity index (χ4n) is 2.96. The number of nitrogens with one attached hydrogen (secondary N) is 1. The lowest BCUT2D eigenvalue weighted by Gasteiger charge is -2.16. The number of amides is 2. The van der Waals surface area contributed by atoms with E-state index >= 15 is 0 Å². The maximum Gasteiger partial charge on any atom is 0.225 e. The molecule has 0 spiro atoms. The molecule has 0 saturated heterocycles. The van der Waals surface area contributed by atoms with Crippen molar-refractivity contribution >= 4 is 29.1 Å². The zero-order valence-corrected chi connectivity index (χ0v) is 16.4. The predicted octanol–water partition coefficient (Wildman–Crippen LogP) is 5.12. The molecule has 5 nitrogen and oxygen atoms in total. The SMILES string of the molecule is NC(=O)CC(CC(=O)Nc1ccc(Oc2ccc(Cl)cc2)cc1)c1ccccc1. The van der Waals surface area contributed by atoms with Crippen molar-refractivity contribution in [1.29, 1.82) is 0 Å². The number of halogens is 1. The van der Waals surface area contributed by atoms with E-state index in [9.17, 15) is 9.59 Å². The predicted molar refractivity (Wildman–Crippen MR) is 114 cm³/mol. The molecule has 0 fully saturated rings. The summed E-state index contributed by atoms with van der Waals surface area (Å²) in [5.41, 5.74) is 6.91. The van der Waals surface area contributed by atoms with E-state index in [-0.39, 0.29) is 24.7 Å². The molecule has 3 N–H and O–H groups in total. The van der Waals surface area contributed by atoms with Crippen molar-refractivity contribution in [1.82, 2.24) is 0 Å². The number of carbonyl (C=O) groups excluding carboxylic acids is 2. The number of primary amides is 1. The summed E-state index contributed by atoms with van der Waals surface area (Å²) in [5, 5.41) is 3.49. The fraction of sp³-hybridized carbons (Fsp3) is 0.130. The van der Waals surface area contributed by atoms with Crippen LogP contribution in [-0.2, 0) is 9.59 Å². The second kappa shape index (κ2) is 9.75. The molecule has 1 atom stereocenters. The van der Waals surface area contributed by atoms with Crippen molar-refractivity contribution in [3.8, 4) is 11.5 Å². The molecule has 1 unspecified atom stereocenters. The van der Waals surface area contributed by atoms with Gasteiger partial charge in [0.15, 0.2) is 0 Å². The molecule has 0 saturated carbocycles.